The largest absolute Gasteiger partial charge is 0.444 e. The van der Waals surface area contributed by atoms with Crippen molar-refractivity contribution >= 4 is 23.2 Å². The Balaban J connectivity index is 1.70. The lowest BCUT2D eigenvalue weighted by Gasteiger charge is -2.39. The van der Waals surface area contributed by atoms with Crippen LogP contribution in [0.5, 0.6) is 0 Å². The highest BCUT2D eigenvalue weighted by Crippen LogP contribution is 2.38. The lowest BCUT2D eigenvalue weighted by Crippen LogP contribution is -2.43. The van der Waals surface area contributed by atoms with Crippen LogP contribution in [0.4, 0.5) is 35.0 Å². The lowest BCUT2D eigenvalue weighted by molar-refractivity contribution is -0.137. The predicted molar refractivity (Wildman–Crippen MR) is 111 cm³/mol. The quantitative estimate of drug-likeness (QED) is 0.738. The molecule has 2 aromatic rings. The molecule has 0 radical (unpaired) electrons. The van der Waals surface area contributed by atoms with Crippen molar-refractivity contribution in [2.24, 2.45) is 0 Å². The van der Waals surface area contributed by atoms with Crippen molar-refractivity contribution in [2.45, 2.75) is 32.5 Å². The Bertz CT molecular complexity index is 876. The van der Waals surface area contributed by atoms with Gasteiger partial charge in [-0.3, -0.25) is 0 Å². The molecule has 1 aliphatic heterocycles. The maximum atomic E-state index is 12.9. The number of hydrogen-bond acceptors (Lipinski definition) is 4. The number of fused-ring (bicyclic) bond motifs is 1. The number of rotatable bonds is 4. The summed E-state index contributed by atoms with van der Waals surface area (Å²) in [4.78, 5) is 16.0. The first-order valence-electron chi connectivity index (χ1n) is 9.80. The van der Waals surface area contributed by atoms with E-state index in [4.69, 9.17) is 4.74 Å². The number of halogens is 3. The molecule has 0 spiro atoms. The van der Waals surface area contributed by atoms with E-state index in [2.05, 4.69) is 10.2 Å². The van der Waals surface area contributed by atoms with Crippen LogP contribution in [0.3, 0.4) is 0 Å². The van der Waals surface area contributed by atoms with Gasteiger partial charge in [-0.25, -0.2) is 4.79 Å². The minimum absolute atomic E-state index is 0.420. The molecule has 0 fully saturated rings. The number of anilines is 3. The van der Waals surface area contributed by atoms with Gasteiger partial charge in [0.1, 0.15) is 5.60 Å². The molecule has 1 N–H and O–H groups in total. The number of nitrogens with one attached hydrogen (secondary N) is 1. The number of alkyl carbamates (subject to hydrolysis) is 1. The van der Waals surface area contributed by atoms with E-state index in [0.29, 0.717) is 31.9 Å². The molecular weight excluding hydrogens is 395 g/mol. The van der Waals surface area contributed by atoms with Crippen molar-refractivity contribution in [1.29, 1.82) is 0 Å². The summed E-state index contributed by atoms with van der Waals surface area (Å²) in [6.07, 6.45) is -4.81. The minimum Gasteiger partial charge on any atom is -0.444 e. The highest BCUT2D eigenvalue weighted by Gasteiger charge is 2.31. The summed E-state index contributed by atoms with van der Waals surface area (Å²) in [6, 6.07) is 12.9. The highest BCUT2D eigenvalue weighted by atomic mass is 19.4. The van der Waals surface area contributed by atoms with Crippen LogP contribution < -0.4 is 15.1 Å². The van der Waals surface area contributed by atoms with E-state index in [1.807, 2.05) is 49.9 Å². The molecule has 1 aliphatic rings. The summed E-state index contributed by atoms with van der Waals surface area (Å²) in [5.41, 5.74) is 1.38. The molecule has 5 nitrogen and oxygen atoms in total. The summed E-state index contributed by atoms with van der Waals surface area (Å²) in [5, 5.41) is 2.76. The third-order valence-corrected chi connectivity index (χ3v) is 4.66. The molecule has 0 unspecified atom stereocenters. The van der Waals surface area contributed by atoms with Crippen molar-refractivity contribution in [2.75, 3.05) is 36.0 Å². The van der Waals surface area contributed by atoms with E-state index in [1.54, 1.807) is 0 Å². The predicted octanol–water partition coefficient (Wildman–Crippen LogP) is 5.19. The van der Waals surface area contributed by atoms with E-state index in [-0.39, 0.29) is 0 Å². The summed E-state index contributed by atoms with van der Waals surface area (Å²) < 4.78 is 43.8. The van der Waals surface area contributed by atoms with Gasteiger partial charge in [0.25, 0.3) is 0 Å². The second-order valence-corrected chi connectivity index (χ2v) is 8.10. The molecule has 0 aromatic heterocycles. The van der Waals surface area contributed by atoms with Crippen LogP contribution in [-0.2, 0) is 10.9 Å². The molecule has 1 heterocycles. The van der Waals surface area contributed by atoms with Crippen LogP contribution >= 0.6 is 0 Å². The molecule has 30 heavy (non-hydrogen) atoms. The zero-order valence-electron chi connectivity index (χ0n) is 17.3. The van der Waals surface area contributed by atoms with Gasteiger partial charge >= 0.3 is 12.3 Å². The fraction of sp³-hybridized carbons (Fsp3) is 0.409. The summed E-state index contributed by atoms with van der Waals surface area (Å²) >= 11 is 0. The number of carbonyl (C=O) groups excluding carboxylic acids is 1. The average molecular weight is 421 g/mol. The van der Waals surface area contributed by atoms with Gasteiger partial charge in [-0.2, -0.15) is 13.2 Å². The van der Waals surface area contributed by atoms with Crippen LogP contribution in [0.1, 0.15) is 26.3 Å². The van der Waals surface area contributed by atoms with Gasteiger partial charge in [0.05, 0.1) is 16.9 Å². The normalized spacial score (nSPS) is 14.3. The molecule has 2 aromatic carbocycles. The van der Waals surface area contributed by atoms with Crippen LogP contribution in [0.2, 0.25) is 0 Å². The summed E-state index contributed by atoms with van der Waals surface area (Å²) in [5.74, 6) is 0. The SMILES string of the molecule is CC(C)(C)OC(=O)NCCN1CCN(c2ccc(C(F)(F)F)cc2)c2ccccc21. The Labute approximate surface area is 174 Å². The first kappa shape index (κ1) is 21.8. The van der Waals surface area contributed by atoms with Gasteiger partial charge < -0.3 is 19.9 Å². The molecular formula is C22H26F3N3O2. The third kappa shape index (κ3) is 5.37. The number of hydrogen-bond donors (Lipinski definition) is 1. The Morgan fingerprint density at radius 2 is 1.63 bits per heavy atom. The topological polar surface area (TPSA) is 44.8 Å². The first-order valence-corrected chi connectivity index (χ1v) is 9.80. The molecule has 3 rings (SSSR count). The molecule has 0 saturated heterocycles. The van der Waals surface area contributed by atoms with Crippen LogP contribution in [0.25, 0.3) is 0 Å². The third-order valence-electron chi connectivity index (χ3n) is 4.66. The number of para-hydroxylation sites is 2. The smallest absolute Gasteiger partial charge is 0.416 e. The maximum absolute atomic E-state index is 12.9. The van der Waals surface area contributed by atoms with Gasteiger partial charge in [-0.1, -0.05) is 12.1 Å². The average Bonchev–Trinajstić information content (AvgIpc) is 2.66. The Morgan fingerprint density at radius 3 is 2.23 bits per heavy atom. The molecule has 8 heteroatoms. The van der Waals surface area contributed by atoms with Gasteiger partial charge in [-0.15, -0.1) is 0 Å². The van der Waals surface area contributed by atoms with Crippen molar-refractivity contribution in [3.05, 3.63) is 54.1 Å². The van der Waals surface area contributed by atoms with Gasteiger partial charge in [0.15, 0.2) is 0 Å². The van der Waals surface area contributed by atoms with Crippen molar-refractivity contribution in [3.63, 3.8) is 0 Å². The van der Waals surface area contributed by atoms with E-state index in [1.165, 1.54) is 12.1 Å². The van der Waals surface area contributed by atoms with Crippen LogP contribution in [-0.4, -0.2) is 37.9 Å². The first-order chi connectivity index (χ1) is 14.0. The Kier molecular flexibility index (Phi) is 6.14. The lowest BCUT2D eigenvalue weighted by atomic mass is 10.1. The monoisotopic (exact) mass is 421 g/mol. The van der Waals surface area contributed by atoms with Crippen LogP contribution in [0, 0.1) is 0 Å². The number of amides is 1. The van der Waals surface area contributed by atoms with Crippen molar-refractivity contribution in [1.82, 2.24) is 5.32 Å². The van der Waals surface area contributed by atoms with Gasteiger partial charge in [0.2, 0.25) is 0 Å². The fourth-order valence-electron chi connectivity index (χ4n) is 3.36. The molecule has 0 atom stereocenters. The second kappa shape index (κ2) is 8.45. The second-order valence-electron chi connectivity index (χ2n) is 8.10. The summed E-state index contributed by atoms with van der Waals surface area (Å²) in [6.45, 7) is 7.74. The number of alkyl halides is 3. The van der Waals surface area contributed by atoms with Crippen molar-refractivity contribution < 1.29 is 22.7 Å². The van der Waals surface area contributed by atoms with Crippen molar-refractivity contribution in [3.8, 4) is 0 Å². The molecule has 0 aliphatic carbocycles. The molecule has 0 saturated carbocycles. The summed E-state index contributed by atoms with van der Waals surface area (Å²) in [7, 11) is 0. The van der Waals surface area contributed by atoms with Gasteiger partial charge in [-0.05, 0) is 57.2 Å². The highest BCUT2D eigenvalue weighted by molar-refractivity contribution is 5.79. The number of ether oxygens (including phenoxy) is 1. The fourth-order valence-corrected chi connectivity index (χ4v) is 3.36. The Morgan fingerprint density at radius 1 is 1.00 bits per heavy atom. The molecule has 162 valence electrons. The standard InChI is InChI=1S/C22H26F3N3O2/c1-21(2,3)30-20(29)26-12-13-27-14-15-28(19-7-5-4-6-18(19)27)17-10-8-16(9-11-17)22(23,24)25/h4-11H,12-15H2,1-3H3,(H,26,29). The maximum Gasteiger partial charge on any atom is 0.416 e. The molecule has 1 amide bonds. The van der Waals surface area contributed by atoms with Gasteiger partial charge in [0, 0.05) is 31.9 Å². The van der Waals surface area contributed by atoms with Crippen LogP contribution in [0.15, 0.2) is 48.5 Å². The zero-order valence-corrected chi connectivity index (χ0v) is 17.3. The van der Waals surface area contributed by atoms with E-state index in [9.17, 15) is 18.0 Å². The zero-order chi connectivity index (χ0) is 21.9. The number of nitrogens with zero attached hydrogens (tertiary/aromatic N) is 2. The Hall–Kier alpha value is -2.90. The number of benzene rings is 2. The van der Waals surface area contributed by atoms with E-state index >= 15 is 0 Å². The minimum atomic E-state index is -4.35. The van der Waals surface area contributed by atoms with E-state index in [0.717, 1.165) is 23.5 Å². The molecule has 0 bridgehead atoms. The van der Waals surface area contributed by atoms with E-state index < -0.39 is 23.4 Å². The number of carbonyl (C=O) groups is 1.